The Morgan fingerprint density at radius 1 is 1.47 bits per heavy atom. The monoisotopic (exact) mass is 269 g/mol. The van der Waals surface area contributed by atoms with Crippen LogP contribution in [0.1, 0.15) is 6.42 Å². The fourth-order valence-electron chi connectivity index (χ4n) is 1.25. The summed E-state index contributed by atoms with van der Waals surface area (Å²) in [7, 11) is 0. The molecule has 0 saturated heterocycles. The average molecular weight is 269 g/mol. The summed E-state index contributed by atoms with van der Waals surface area (Å²) in [4.78, 5) is 31.6. The number of nitrogens with zero attached hydrogens (tertiary/aromatic N) is 1. The van der Waals surface area contributed by atoms with Crippen molar-refractivity contribution in [3.05, 3.63) is 28.3 Å². The molecule has 0 aromatic heterocycles. The molecule has 19 heavy (non-hydrogen) atoms. The first-order chi connectivity index (χ1) is 8.81. The number of nitrogens with two attached hydrogens (primary N) is 1. The van der Waals surface area contributed by atoms with Crippen LogP contribution in [0.25, 0.3) is 0 Å². The van der Waals surface area contributed by atoms with Crippen LogP contribution in [-0.2, 0) is 9.59 Å². The largest absolute Gasteiger partial charge is 0.506 e. The summed E-state index contributed by atoms with van der Waals surface area (Å²) >= 11 is 0. The molecule has 1 unspecified atom stereocenters. The smallest absolute Gasteiger partial charge is 0.305 e. The number of carboxylic acids is 1. The van der Waals surface area contributed by atoms with Crippen LogP contribution in [0.3, 0.4) is 0 Å². The Balaban J connectivity index is 2.80. The molecule has 0 fully saturated rings. The van der Waals surface area contributed by atoms with Crippen molar-refractivity contribution in [2.75, 3.05) is 5.32 Å². The molecular formula is C10H11N3O6. The predicted molar refractivity (Wildman–Crippen MR) is 63.6 cm³/mol. The fourth-order valence-corrected chi connectivity index (χ4v) is 1.25. The van der Waals surface area contributed by atoms with Crippen LogP contribution >= 0.6 is 0 Å². The van der Waals surface area contributed by atoms with E-state index in [9.17, 15) is 24.8 Å². The number of nitro groups is 1. The number of nitrogens with one attached hydrogen (secondary N) is 1. The molecule has 102 valence electrons. The highest BCUT2D eigenvalue weighted by atomic mass is 16.6. The maximum atomic E-state index is 11.5. The third kappa shape index (κ3) is 3.92. The topological polar surface area (TPSA) is 156 Å². The number of hydrogen-bond donors (Lipinski definition) is 4. The number of hydrogen-bond acceptors (Lipinski definition) is 6. The molecule has 9 nitrogen and oxygen atoms in total. The van der Waals surface area contributed by atoms with Crippen molar-refractivity contribution in [1.29, 1.82) is 0 Å². The van der Waals surface area contributed by atoms with Gasteiger partial charge in [-0.1, -0.05) is 0 Å². The van der Waals surface area contributed by atoms with E-state index in [4.69, 9.17) is 10.8 Å². The van der Waals surface area contributed by atoms with Gasteiger partial charge in [-0.05, 0) is 6.07 Å². The van der Waals surface area contributed by atoms with Crippen molar-refractivity contribution in [2.45, 2.75) is 12.5 Å². The van der Waals surface area contributed by atoms with E-state index in [1.807, 2.05) is 0 Å². The Morgan fingerprint density at radius 3 is 2.58 bits per heavy atom. The van der Waals surface area contributed by atoms with Crippen LogP contribution in [0.4, 0.5) is 11.4 Å². The molecule has 0 aliphatic carbocycles. The maximum absolute atomic E-state index is 11.5. The minimum atomic E-state index is -1.29. The molecule has 1 aromatic rings. The van der Waals surface area contributed by atoms with E-state index in [0.29, 0.717) is 0 Å². The summed E-state index contributed by atoms with van der Waals surface area (Å²) in [5, 5.41) is 30.6. The number of non-ortho nitro benzene ring substituents is 1. The molecule has 0 spiro atoms. The zero-order chi connectivity index (χ0) is 14.6. The summed E-state index contributed by atoms with van der Waals surface area (Å²) in [6.45, 7) is 0. The highest BCUT2D eigenvalue weighted by molar-refractivity contribution is 5.97. The molecule has 1 aromatic carbocycles. The van der Waals surface area contributed by atoms with Crippen LogP contribution in [-0.4, -0.2) is 33.1 Å². The summed E-state index contributed by atoms with van der Waals surface area (Å²) in [5.41, 5.74) is 4.88. The lowest BCUT2D eigenvalue weighted by molar-refractivity contribution is -0.384. The summed E-state index contributed by atoms with van der Waals surface area (Å²) in [5.74, 6) is -2.56. The van der Waals surface area contributed by atoms with E-state index >= 15 is 0 Å². The number of aliphatic carboxylic acids is 1. The summed E-state index contributed by atoms with van der Waals surface area (Å²) in [6, 6.07) is 1.78. The Kier molecular flexibility index (Phi) is 4.37. The van der Waals surface area contributed by atoms with E-state index in [1.165, 1.54) is 0 Å². The fraction of sp³-hybridized carbons (Fsp3) is 0.200. The number of aromatic hydroxyl groups is 1. The number of carbonyl (C=O) groups is 2. The van der Waals surface area contributed by atoms with Crippen LogP contribution in [0.5, 0.6) is 5.75 Å². The number of amides is 1. The molecule has 9 heteroatoms. The molecule has 1 atom stereocenters. The molecule has 0 saturated carbocycles. The average Bonchev–Trinajstić information content (AvgIpc) is 2.30. The van der Waals surface area contributed by atoms with Crippen LogP contribution in [0, 0.1) is 10.1 Å². The minimum absolute atomic E-state index is 0.0866. The lowest BCUT2D eigenvalue weighted by Crippen LogP contribution is -2.37. The lowest BCUT2D eigenvalue weighted by atomic mass is 10.2. The van der Waals surface area contributed by atoms with Crippen molar-refractivity contribution in [3.8, 4) is 5.75 Å². The van der Waals surface area contributed by atoms with Gasteiger partial charge < -0.3 is 21.3 Å². The van der Waals surface area contributed by atoms with Crippen LogP contribution < -0.4 is 11.1 Å². The molecule has 1 rings (SSSR count). The molecule has 0 aliphatic rings. The molecule has 1 amide bonds. The highest BCUT2D eigenvalue weighted by Crippen LogP contribution is 2.27. The van der Waals surface area contributed by atoms with Gasteiger partial charge in [0.05, 0.1) is 29.1 Å². The summed E-state index contributed by atoms with van der Waals surface area (Å²) in [6.07, 6.45) is -0.570. The summed E-state index contributed by atoms with van der Waals surface area (Å²) < 4.78 is 0. The number of benzene rings is 1. The Labute approximate surface area is 106 Å². The minimum Gasteiger partial charge on any atom is -0.506 e. The van der Waals surface area contributed by atoms with E-state index in [-0.39, 0.29) is 11.4 Å². The van der Waals surface area contributed by atoms with Gasteiger partial charge >= 0.3 is 5.97 Å². The number of rotatable bonds is 5. The zero-order valence-corrected chi connectivity index (χ0v) is 9.57. The third-order valence-electron chi connectivity index (χ3n) is 2.18. The number of anilines is 1. The zero-order valence-electron chi connectivity index (χ0n) is 9.57. The third-order valence-corrected chi connectivity index (χ3v) is 2.18. The quantitative estimate of drug-likeness (QED) is 0.334. The molecule has 5 N–H and O–H groups in total. The Bertz CT molecular complexity index is 530. The maximum Gasteiger partial charge on any atom is 0.305 e. The molecule has 0 heterocycles. The number of carbonyl (C=O) groups excluding carboxylic acids is 1. The SMILES string of the molecule is NC(CC(=O)O)C(=O)Nc1ccc([N+](=O)[O-])cc1O. The van der Waals surface area contributed by atoms with E-state index < -0.39 is 35.0 Å². The Morgan fingerprint density at radius 2 is 2.11 bits per heavy atom. The number of nitro benzene ring substituents is 1. The first-order valence-electron chi connectivity index (χ1n) is 5.07. The number of carboxylic acid groups (broad SMARTS) is 1. The van der Waals surface area contributed by atoms with Crippen molar-refractivity contribution >= 4 is 23.3 Å². The van der Waals surface area contributed by atoms with Crippen molar-refractivity contribution < 1.29 is 24.7 Å². The van der Waals surface area contributed by atoms with Crippen molar-refractivity contribution in [3.63, 3.8) is 0 Å². The van der Waals surface area contributed by atoms with Gasteiger partial charge in [0.1, 0.15) is 5.75 Å². The standard InChI is InChI=1S/C10H11N3O6/c11-6(4-9(15)16)10(17)12-7-2-1-5(13(18)19)3-8(7)14/h1-3,6,14H,4,11H2,(H,12,17)(H,15,16). The van der Waals surface area contributed by atoms with Gasteiger partial charge in [0.15, 0.2) is 0 Å². The number of phenols is 1. The molecule has 0 radical (unpaired) electrons. The molecule has 0 bridgehead atoms. The first-order valence-corrected chi connectivity index (χ1v) is 5.07. The normalized spacial score (nSPS) is 11.6. The first kappa shape index (κ1) is 14.4. The van der Waals surface area contributed by atoms with Gasteiger partial charge in [-0.15, -0.1) is 0 Å². The predicted octanol–water partition coefficient (Wildman–Crippen LogP) is 0.0409. The van der Waals surface area contributed by atoms with Crippen molar-refractivity contribution in [2.24, 2.45) is 5.73 Å². The molecular weight excluding hydrogens is 258 g/mol. The van der Waals surface area contributed by atoms with Gasteiger partial charge in [-0.2, -0.15) is 0 Å². The van der Waals surface area contributed by atoms with E-state index in [0.717, 1.165) is 18.2 Å². The second-order valence-electron chi connectivity index (χ2n) is 3.65. The second kappa shape index (κ2) is 5.78. The highest BCUT2D eigenvalue weighted by Gasteiger charge is 2.19. The van der Waals surface area contributed by atoms with Crippen molar-refractivity contribution in [1.82, 2.24) is 0 Å². The van der Waals surface area contributed by atoms with Gasteiger partial charge in [0, 0.05) is 6.07 Å². The number of phenolic OH excluding ortho intramolecular Hbond substituents is 1. The van der Waals surface area contributed by atoms with Crippen LogP contribution in [0.15, 0.2) is 18.2 Å². The van der Waals surface area contributed by atoms with E-state index in [2.05, 4.69) is 5.32 Å². The second-order valence-corrected chi connectivity index (χ2v) is 3.65. The van der Waals surface area contributed by atoms with E-state index in [1.54, 1.807) is 0 Å². The van der Waals surface area contributed by atoms with Gasteiger partial charge in [0.2, 0.25) is 5.91 Å². The lowest BCUT2D eigenvalue weighted by Gasteiger charge is -2.11. The Hall–Kier alpha value is -2.68. The van der Waals surface area contributed by atoms with Gasteiger partial charge in [-0.3, -0.25) is 19.7 Å². The van der Waals surface area contributed by atoms with Gasteiger partial charge in [0.25, 0.3) is 5.69 Å². The molecule has 0 aliphatic heterocycles. The van der Waals surface area contributed by atoms with Gasteiger partial charge in [-0.25, -0.2) is 0 Å². The van der Waals surface area contributed by atoms with Crippen LogP contribution in [0.2, 0.25) is 0 Å².